The normalized spacial score (nSPS) is 22.8. The molecule has 0 unspecified atom stereocenters. The highest BCUT2D eigenvalue weighted by molar-refractivity contribution is 7.93. The SMILES string of the molecule is CC1(C)C(N)=N[C@](C)(c2cc(/C=C(\F)c3cnc(C#N)cn3)ccc2F)CS1(=O)=O. The Bertz CT molecular complexity index is 1210. The fourth-order valence-electron chi connectivity index (χ4n) is 3.06. The molecular weight excluding hydrogens is 412 g/mol. The van der Waals surface area contributed by atoms with Crippen molar-refractivity contribution < 1.29 is 17.2 Å². The maximum atomic E-state index is 14.6. The number of nitrogens with two attached hydrogens (primary N) is 1. The largest absolute Gasteiger partial charge is 0.386 e. The van der Waals surface area contributed by atoms with Gasteiger partial charge in [0, 0.05) is 5.56 Å². The van der Waals surface area contributed by atoms with E-state index in [4.69, 9.17) is 11.0 Å². The summed E-state index contributed by atoms with van der Waals surface area (Å²) in [5.74, 6) is -1.99. The number of amidine groups is 1. The van der Waals surface area contributed by atoms with Crippen LogP contribution in [0.15, 0.2) is 35.6 Å². The third kappa shape index (κ3) is 3.68. The molecule has 1 atom stereocenters. The third-order valence-corrected chi connectivity index (χ3v) is 7.81. The predicted molar refractivity (Wildman–Crippen MR) is 109 cm³/mol. The number of nitrogens with zero attached hydrogens (tertiary/aromatic N) is 4. The zero-order valence-corrected chi connectivity index (χ0v) is 17.3. The molecule has 2 N–H and O–H groups in total. The fourth-order valence-corrected chi connectivity index (χ4v) is 4.74. The molecule has 0 fully saturated rings. The minimum Gasteiger partial charge on any atom is -0.386 e. The van der Waals surface area contributed by atoms with Crippen LogP contribution in [0.3, 0.4) is 0 Å². The topological polar surface area (TPSA) is 122 Å². The molecule has 1 aliphatic rings. The van der Waals surface area contributed by atoms with Gasteiger partial charge in [-0.25, -0.2) is 27.2 Å². The Morgan fingerprint density at radius 3 is 2.53 bits per heavy atom. The van der Waals surface area contributed by atoms with Crippen molar-refractivity contribution in [1.82, 2.24) is 9.97 Å². The van der Waals surface area contributed by atoms with Crippen LogP contribution in [-0.4, -0.2) is 34.7 Å². The van der Waals surface area contributed by atoms with Crippen LogP contribution in [0.5, 0.6) is 0 Å². The molecule has 2 heterocycles. The molecule has 30 heavy (non-hydrogen) atoms. The van der Waals surface area contributed by atoms with E-state index in [0.29, 0.717) is 0 Å². The van der Waals surface area contributed by atoms with Crippen molar-refractivity contribution in [3.05, 3.63) is 58.9 Å². The number of hydrogen-bond donors (Lipinski definition) is 1. The smallest absolute Gasteiger partial charge is 0.165 e. The molecule has 0 saturated heterocycles. The Balaban J connectivity index is 2.06. The Hall–Kier alpha value is -3.19. The van der Waals surface area contributed by atoms with Crippen molar-refractivity contribution in [3.63, 3.8) is 0 Å². The molecule has 156 valence electrons. The Kier molecular flexibility index (Phi) is 5.20. The standard InChI is InChI=1S/C20H19F2N5O2S/c1-19(2)18(24)27-20(3,11-30(19,28)29)14-6-12(4-5-15(14)21)7-16(22)17-10-25-13(8-23)9-26-17/h4-7,9-10H,11H2,1-3H3,(H2,24,27)/b16-7-/t20-/m0/s1. The number of sulfone groups is 1. The zero-order valence-electron chi connectivity index (χ0n) is 16.5. The van der Waals surface area contributed by atoms with Crippen LogP contribution in [0, 0.1) is 17.1 Å². The number of rotatable bonds is 3. The molecule has 0 amide bonds. The van der Waals surface area contributed by atoms with Crippen LogP contribution >= 0.6 is 0 Å². The predicted octanol–water partition coefficient (Wildman–Crippen LogP) is 2.73. The first-order valence-electron chi connectivity index (χ1n) is 8.87. The van der Waals surface area contributed by atoms with Crippen LogP contribution in [0.2, 0.25) is 0 Å². The minimum absolute atomic E-state index is 0.0167. The van der Waals surface area contributed by atoms with Crippen molar-refractivity contribution >= 4 is 27.6 Å². The van der Waals surface area contributed by atoms with E-state index in [1.54, 1.807) is 6.07 Å². The van der Waals surface area contributed by atoms with Crippen molar-refractivity contribution in [2.24, 2.45) is 10.7 Å². The summed E-state index contributed by atoms with van der Waals surface area (Å²) in [5, 5.41) is 8.74. The molecule has 2 aromatic rings. The van der Waals surface area contributed by atoms with Gasteiger partial charge in [0.1, 0.15) is 33.7 Å². The second kappa shape index (κ2) is 7.25. The number of benzene rings is 1. The van der Waals surface area contributed by atoms with Crippen molar-refractivity contribution in [2.75, 3.05) is 5.75 Å². The Morgan fingerprint density at radius 2 is 1.97 bits per heavy atom. The second-order valence-electron chi connectivity index (χ2n) is 7.67. The lowest BCUT2D eigenvalue weighted by Gasteiger charge is -2.38. The van der Waals surface area contributed by atoms with Crippen LogP contribution in [-0.2, 0) is 15.4 Å². The molecule has 1 aromatic carbocycles. The fraction of sp³-hybridized carbons (Fsp3) is 0.300. The van der Waals surface area contributed by atoms with Gasteiger partial charge in [-0.3, -0.25) is 4.99 Å². The molecule has 7 nitrogen and oxygen atoms in total. The van der Waals surface area contributed by atoms with Crippen LogP contribution in [0.4, 0.5) is 8.78 Å². The quantitative estimate of drug-likeness (QED) is 0.797. The first kappa shape index (κ1) is 21.5. The molecule has 1 aliphatic heterocycles. The number of aliphatic imine (C=N–C) groups is 1. The molecular formula is C20H19F2N5O2S. The van der Waals surface area contributed by atoms with E-state index in [2.05, 4.69) is 15.0 Å². The number of hydrogen-bond acceptors (Lipinski definition) is 7. The Labute approximate surface area is 172 Å². The van der Waals surface area contributed by atoms with E-state index in [9.17, 15) is 17.2 Å². The lowest BCUT2D eigenvalue weighted by molar-refractivity contribution is 0.475. The van der Waals surface area contributed by atoms with Gasteiger partial charge in [0.15, 0.2) is 21.4 Å². The van der Waals surface area contributed by atoms with Crippen molar-refractivity contribution in [2.45, 2.75) is 31.1 Å². The number of nitriles is 1. The van der Waals surface area contributed by atoms with Gasteiger partial charge < -0.3 is 5.73 Å². The summed E-state index contributed by atoms with van der Waals surface area (Å²) >= 11 is 0. The van der Waals surface area contributed by atoms with Gasteiger partial charge in [-0.1, -0.05) is 6.07 Å². The van der Waals surface area contributed by atoms with E-state index in [-0.39, 0.29) is 28.4 Å². The van der Waals surface area contributed by atoms with Crippen molar-refractivity contribution in [1.29, 1.82) is 5.26 Å². The highest BCUT2D eigenvalue weighted by atomic mass is 32.2. The summed E-state index contributed by atoms with van der Waals surface area (Å²) in [6, 6.07) is 5.57. The molecule has 0 bridgehead atoms. The van der Waals surface area contributed by atoms with E-state index < -0.39 is 37.5 Å². The van der Waals surface area contributed by atoms with Crippen LogP contribution < -0.4 is 5.73 Å². The molecule has 0 radical (unpaired) electrons. The van der Waals surface area contributed by atoms with Gasteiger partial charge in [-0.2, -0.15) is 5.26 Å². The maximum absolute atomic E-state index is 14.6. The molecule has 0 aliphatic carbocycles. The lowest BCUT2D eigenvalue weighted by atomic mass is 9.91. The number of aromatic nitrogens is 2. The zero-order chi connectivity index (χ0) is 22.3. The van der Waals surface area contributed by atoms with Gasteiger partial charge in [0.25, 0.3) is 0 Å². The van der Waals surface area contributed by atoms with Gasteiger partial charge in [0.05, 0.1) is 18.1 Å². The molecule has 3 rings (SSSR count). The van der Waals surface area contributed by atoms with E-state index in [1.807, 2.05) is 0 Å². The van der Waals surface area contributed by atoms with Crippen molar-refractivity contribution in [3.8, 4) is 6.07 Å². The summed E-state index contributed by atoms with van der Waals surface area (Å²) in [4.78, 5) is 11.9. The van der Waals surface area contributed by atoms with Gasteiger partial charge >= 0.3 is 0 Å². The summed E-state index contributed by atoms with van der Waals surface area (Å²) in [7, 11) is -3.72. The van der Waals surface area contributed by atoms with Gasteiger partial charge in [-0.15, -0.1) is 0 Å². The molecule has 1 aromatic heterocycles. The van der Waals surface area contributed by atoms with E-state index in [1.165, 1.54) is 32.9 Å². The molecule has 0 spiro atoms. The first-order chi connectivity index (χ1) is 13.9. The first-order valence-corrected chi connectivity index (χ1v) is 10.5. The molecule has 0 saturated carbocycles. The van der Waals surface area contributed by atoms with E-state index >= 15 is 0 Å². The number of halogens is 2. The lowest BCUT2D eigenvalue weighted by Crippen LogP contribution is -2.55. The third-order valence-electron chi connectivity index (χ3n) is 5.11. The monoisotopic (exact) mass is 431 g/mol. The minimum atomic E-state index is -3.72. The summed E-state index contributed by atoms with van der Waals surface area (Å²) in [5.41, 5.74) is 4.64. The highest BCUT2D eigenvalue weighted by Crippen LogP contribution is 2.38. The highest BCUT2D eigenvalue weighted by Gasteiger charge is 2.49. The van der Waals surface area contributed by atoms with Crippen LogP contribution in [0.1, 0.15) is 43.3 Å². The average molecular weight is 431 g/mol. The average Bonchev–Trinajstić information content (AvgIpc) is 2.67. The second-order valence-corrected chi connectivity index (χ2v) is 10.2. The summed E-state index contributed by atoms with van der Waals surface area (Å²) in [6.07, 6.45) is 3.35. The maximum Gasteiger partial charge on any atom is 0.165 e. The van der Waals surface area contributed by atoms with Gasteiger partial charge in [-0.05, 0) is 44.5 Å². The van der Waals surface area contributed by atoms with Gasteiger partial charge in [0.2, 0.25) is 0 Å². The Morgan fingerprint density at radius 1 is 1.27 bits per heavy atom. The van der Waals surface area contributed by atoms with E-state index in [0.717, 1.165) is 24.5 Å². The molecule has 10 heteroatoms. The summed E-state index contributed by atoms with van der Waals surface area (Å²) in [6.45, 7) is 4.37. The van der Waals surface area contributed by atoms with Crippen LogP contribution in [0.25, 0.3) is 11.9 Å². The summed E-state index contributed by atoms with van der Waals surface area (Å²) < 4.78 is 53.3.